The summed E-state index contributed by atoms with van der Waals surface area (Å²) in [4.78, 5) is 23.9. The Kier molecular flexibility index (Phi) is 8.81. The van der Waals surface area contributed by atoms with Crippen LogP contribution in [0.1, 0.15) is 24.8 Å². The number of hydrogen-bond donors (Lipinski definition) is 3. The molecule has 11 heteroatoms. The molecule has 3 rings (SSSR count). The lowest BCUT2D eigenvalue weighted by atomic mass is 10.1. The first kappa shape index (κ1) is 25.1. The average Bonchev–Trinajstić information content (AvgIpc) is 2.77. The molecule has 0 saturated carbocycles. The van der Waals surface area contributed by atoms with E-state index in [9.17, 15) is 18.0 Å². The monoisotopic (exact) mass is 496 g/mol. The van der Waals surface area contributed by atoms with Gasteiger partial charge in [0.2, 0.25) is 15.9 Å². The minimum Gasteiger partial charge on any atom is -0.481 e. The van der Waals surface area contributed by atoms with E-state index in [1.54, 1.807) is 18.2 Å². The lowest BCUT2D eigenvalue weighted by Crippen LogP contribution is -2.47. The molecular weight excluding hydrogens is 472 g/mol. The Morgan fingerprint density at radius 2 is 1.94 bits per heavy atom. The Balaban J connectivity index is 1.75. The molecule has 1 saturated heterocycles. The molecule has 2 aromatic rings. The summed E-state index contributed by atoms with van der Waals surface area (Å²) < 4.78 is 39.3. The number of anilines is 1. The maximum atomic E-state index is 13.0. The number of carboxylic acids is 1. The number of ether oxygens (including phenoxy) is 2. The molecule has 1 unspecified atom stereocenters. The molecule has 0 radical (unpaired) electrons. The Morgan fingerprint density at radius 3 is 2.61 bits per heavy atom. The van der Waals surface area contributed by atoms with Gasteiger partial charge in [-0.05, 0) is 61.2 Å². The summed E-state index contributed by atoms with van der Waals surface area (Å²) in [5.41, 5.74) is 0.828. The molecule has 9 nitrogen and oxygen atoms in total. The van der Waals surface area contributed by atoms with Gasteiger partial charge in [0, 0.05) is 17.3 Å². The first-order chi connectivity index (χ1) is 15.7. The standard InChI is InChI=1S/C22H25ClN2O7S/c23-16-7-9-18(10-8-16)33(29,30)25-19(14-32-21-6-1-2-11-31-21)22(28)24-17-5-3-4-15(12-17)13-20(26)27/h3-5,7-10,12,19,21,25H,1-2,6,11,13-14H2,(H,24,28)(H,26,27)/t19-,21?/m0/s1. The molecule has 2 atom stereocenters. The number of sulfonamides is 1. The number of nitrogens with one attached hydrogen (secondary N) is 2. The number of carbonyl (C=O) groups excluding carboxylic acids is 1. The zero-order valence-corrected chi connectivity index (χ0v) is 19.3. The van der Waals surface area contributed by atoms with Gasteiger partial charge in [-0.15, -0.1) is 0 Å². The largest absolute Gasteiger partial charge is 0.481 e. The Bertz CT molecular complexity index is 1070. The number of rotatable bonds is 10. The van der Waals surface area contributed by atoms with Gasteiger partial charge in [-0.2, -0.15) is 4.72 Å². The number of hydrogen-bond acceptors (Lipinski definition) is 6. The lowest BCUT2D eigenvalue weighted by Gasteiger charge is -2.25. The summed E-state index contributed by atoms with van der Waals surface area (Å²) in [5, 5.41) is 12.0. The van der Waals surface area contributed by atoms with Gasteiger partial charge in [0.25, 0.3) is 0 Å². The fourth-order valence-electron chi connectivity index (χ4n) is 3.24. The van der Waals surface area contributed by atoms with Gasteiger partial charge in [-0.1, -0.05) is 23.7 Å². The van der Waals surface area contributed by atoms with E-state index in [1.807, 2.05) is 0 Å². The van der Waals surface area contributed by atoms with Crippen molar-refractivity contribution in [2.75, 3.05) is 18.5 Å². The Hall–Kier alpha value is -2.50. The SMILES string of the molecule is O=C(O)Cc1cccc(NC(=O)[C@H](COC2CCCCO2)NS(=O)(=O)c2ccc(Cl)cc2)c1. The first-order valence-corrected chi connectivity index (χ1v) is 12.2. The topological polar surface area (TPSA) is 131 Å². The molecule has 0 aliphatic carbocycles. The molecule has 1 fully saturated rings. The number of benzene rings is 2. The van der Waals surface area contributed by atoms with Gasteiger partial charge in [0.05, 0.1) is 17.9 Å². The van der Waals surface area contributed by atoms with Crippen molar-refractivity contribution in [1.29, 1.82) is 0 Å². The number of aliphatic carboxylic acids is 1. The van der Waals surface area contributed by atoms with Crippen molar-refractivity contribution >= 4 is 39.2 Å². The van der Waals surface area contributed by atoms with Crippen molar-refractivity contribution in [3.63, 3.8) is 0 Å². The van der Waals surface area contributed by atoms with E-state index in [1.165, 1.54) is 30.3 Å². The molecular formula is C22H25ClN2O7S. The van der Waals surface area contributed by atoms with Crippen LogP contribution in [-0.4, -0.2) is 50.9 Å². The molecule has 0 aromatic heterocycles. The molecule has 1 aliphatic rings. The van der Waals surface area contributed by atoms with Crippen LogP contribution in [0.2, 0.25) is 5.02 Å². The Labute approximate surface area is 197 Å². The lowest BCUT2D eigenvalue weighted by molar-refractivity contribution is -0.166. The van der Waals surface area contributed by atoms with Crippen molar-refractivity contribution in [2.24, 2.45) is 0 Å². The number of carbonyl (C=O) groups is 2. The van der Waals surface area contributed by atoms with Crippen LogP contribution < -0.4 is 10.0 Å². The second kappa shape index (κ2) is 11.6. The summed E-state index contributed by atoms with van der Waals surface area (Å²) in [5.74, 6) is -1.66. The summed E-state index contributed by atoms with van der Waals surface area (Å²) in [7, 11) is -4.06. The highest BCUT2D eigenvalue weighted by molar-refractivity contribution is 7.89. The third kappa shape index (κ3) is 7.79. The van der Waals surface area contributed by atoms with E-state index in [-0.39, 0.29) is 17.9 Å². The van der Waals surface area contributed by atoms with Gasteiger partial charge >= 0.3 is 5.97 Å². The third-order valence-electron chi connectivity index (χ3n) is 4.87. The van der Waals surface area contributed by atoms with E-state index in [0.717, 1.165) is 12.8 Å². The molecule has 178 valence electrons. The second-order valence-electron chi connectivity index (χ2n) is 7.52. The van der Waals surface area contributed by atoms with Gasteiger partial charge in [0.15, 0.2) is 6.29 Å². The molecule has 0 bridgehead atoms. The van der Waals surface area contributed by atoms with Gasteiger partial charge in [-0.3, -0.25) is 9.59 Å². The summed E-state index contributed by atoms with van der Waals surface area (Å²) in [6.45, 7) is 0.284. The highest BCUT2D eigenvalue weighted by atomic mass is 35.5. The average molecular weight is 497 g/mol. The fourth-order valence-corrected chi connectivity index (χ4v) is 4.55. The van der Waals surface area contributed by atoms with Crippen LogP contribution in [0.5, 0.6) is 0 Å². The summed E-state index contributed by atoms with van der Waals surface area (Å²) >= 11 is 5.84. The predicted molar refractivity (Wildman–Crippen MR) is 122 cm³/mol. The van der Waals surface area contributed by atoms with E-state index < -0.39 is 34.2 Å². The summed E-state index contributed by atoms with van der Waals surface area (Å²) in [6.07, 6.45) is 1.75. The number of amides is 1. The molecule has 1 aliphatic heterocycles. The van der Waals surface area contributed by atoms with Crippen molar-refractivity contribution in [1.82, 2.24) is 4.72 Å². The van der Waals surface area contributed by atoms with Crippen LogP contribution in [-0.2, 0) is 35.5 Å². The van der Waals surface area contributed by atoms with Crippen LogP contribution in [0.25, 0.3) is 0 Å². The molecule has 0 spiro atoms. The molecule has 33 heavy (non-hydrogen) atoms. The van der Waals surface area contributed by atoms with Crippen molar-refractivity contribution in [3.8, 4) is 0 Å². The van der Waals surface area contributed by atoms with Crippen molar-refractivity contribution < 1.29 is 32.6 Å². The highest BCUT2D eigenvalue weighted by Crippen LogP contribution is 2.17. The normalized spacial score (nSPS) is 17.3. The zero-order chi connectivity index (χ0) is 23.8. The van der Waals surface area contributed by atoms with Crippen LogP contribution in [0.15, 0.2) is 53.4 Å². The Morgan fingerprint density at radius 1 is 1.18 bits per heavy atom. The maximum Gasteiger partial charge on any atom is 0.307 e. The fraction of sp³-hybridized carbons (Fsp3) is 0.364. The smallest absolute Gasteiger partial charge is 0.307 e. The maximum absolute atomic E-state index is 13.0. The number of halogens is 1. The number of carboxylic acid groups (broad SMARTS) is 1. The van der Waals surface area contributed by atoms with Crippen LogP contribution in [0.3, 0.4) is 0 Å². The summed E-state index contributed by atoms with van der Waals surface area (Å²) in [6, 6.07) is 10.6. The van der Waals surface area contributed by atoms with Crippen LogP contribution >= 0.6 is 11.6 Å². The van der Waals surface area contributed by atoms with Gasteiger partial charge in [-0.25, -0.2) is 8.42 Å². The van der Waals surface area contributed by atoms with E-state index in [0.29, 0.717) is 29.3 Å². The minimum atomic E-state index is -4.06. The van der Waals surface area contributed by atoms with Gasteiger partial charge < -0.3 is 19.9 Å². The van der Waals surface area contributed by atoms with Gasteiger partial charge in [0.1, 0.15) is 6.04 Å². The minimum absolute atomic E-state index is 0.0536. The molecule has 1 amide bonds. The van der Waals surface area contributed by atoms with Crippen molar-refractivity contribution in [2.45, 2.75) is 42.9 Å². The first-order valence-electron chi connectivity index (χ1n) is 10.4. The van der Waals surface area contributed by atoms with Crippen LogP contribution in [0.4, 0.5) is 5.69 Å². The molecule has 3 N–H and O–H groups in total. The van der Waals surface area contributed by atoms with E-state index in [4.69, 9.17) is 26.2 Å². The van der Waals surface area contributed by atoms with E-state index in [2.05, 4.69) is 10.0 Å². The molecule has 1 heterocycles. The zero-order valence-electron chi connectivity index (χ0n) is 17.7. The quantitative estimate of drug-likeness (QED) is 0.461. The van der Waals surface area contributed by atoms with Crippen LogP contribution in [0, 0.1) is 0 Å². The second-order valence-corrected chi connectivity index (χ2v) is 9.67. The third-order valence-corrected chi connectivity index (χ3v) is 6.61. The molecule has 2 aromatic carbocycles. The predicted octanol–water partition coefficient (Wildman–Crippen LogP) is 2.80. The van der Waals surface area contributed by atoms with E-state index >= 15 is 0 Å². The van der Waals surface area contributed by atoms with Crippen molar-refractivity contribution in [3.05, 3.63) is 59.1 Å². The highest BCUT2D eigenvalue weighted by Gasteiger charge is 2.28.